The molecule has 0 bridgehead atoms. The van der Waals surface area contributed by atoms with E-state index in [2.05, 4.69) is 16.8 Å². The van der Waals surface area contributed by atoms with Crippen LogP contribution in [0, 0.1) is 0 Å². The summed E-state index contributed by atoms with van der Waals surface area (Å²) in [6.45, 7) is 4.85. The van der Waals surface area contributed by atoms with Crippen LogP contribution in [0.2, 0.25) is 0 Å². The van der Waals surface area contributed by atoms with Gasteiger partial charge in [-0.05, 0) is 31.4 Å². The number of nitrogens with two attached hydrogens (primary N) is 1. The second-order valence-electron chi connectivity index (χ2n) is 6.70. The largest absolute Gasteiger partial charge is 0.496 e. The quantitative estimate of drug-likeness (QED) is 0.523. The van der Waals surface area contributed by atoms with Crippen LogP contribution in [0.3, 0.4) is 0 Å². The van der Waals surface area contributed by atoms with Gasteiger partial charge in [0.15, 0.2) is 11.0 Å². The molecule has 1 fully saturated rings. The van der Waals surface area contributed by atoms with E-state index in [4.69, 9.17) is 10.5 Å². The molecule has 0 aliphatic carbocycles. The molecule has 0 spiro atoms. The number of hydrogen-bond donors (Lipinski definition) is 1. The van der Waals surface area contributed by atoms with Crippen molar-refractivity contribution in [2.45, 2.75) is 37.0 Å². The average Bonchev–Trinajstić information content (AvgIpc) is 3.14. The predicted molar refractivity (Wildman–Crippen MR) is 111 cm³/mol. The lowest BCUT2D eigenvalue weighted by Gasteiger charge is -2.33. The maximum Gasteiger partial charge on any atom is 0.240 e. The van der Waals surface area contributed by atoms with Crippen LogP contribution in [0.15, 0.2) is 42.1 Å². The fourth-order valence-corrected chi connectivity index (χ4v) is 4.29. The highest BCUT2D eigenvalue weighted by molar-refractivity contribution is 7.99. The second kappa shape index (κ2) is 9.60. The van der Waals surface area contributed by atoms with E-state index in [1.54, 1.807) is 18.1 Å². The molecule has 8 nitrogen and oxygen atoms in total. The fourth-order valence-electron chi connectivity index (χ4n) is 3.45. The highest BCUT2D eigenvalue weighted by atomic mass is 32.2. The van der Waals surface area contributed by atoms with Gasteiger partial charge in [0, 0.05) is 13.1 Å². The van der Waals surface area contributed by atoms with Crippen molar-refractivity contribution >= 4 is 23.6 Å². The van der Waals surface area contributed by atoms with Crippen molar-refractivity contribution in [3.63, 3.8) is 0 Å². The predicted octanol–water partition coefficient (Wildman–Crippen LogP) is 2.10. The molecule has 1 aliphatic rings. The third-order valence-electron chi connectivity index (χ3n) is 4.85. The van der Waals surface area contributed by atoms with Gasteiger partial charge in [0.25, 0.3) is 0 Å². The lowest BCUT2D eigenvalue weighted by atomic mass is 10.0. The molecular weight excluding hydrogens is 390 g/mol. The number of piperidine rings is 1. The third-order valence-corrected chi connectivity index (χ3v) is 5.80. The number of ether oxygens (including phenoxy) is 1. The van der Waals surface area contributed by atoms with Crippen molar-refractivity contribution in [3.8, 4) is 17.1 Å². The summed E-state index contributed by atoms with van der Waals surface area (Å²) in [6, 6.07) is 7.04. The first-order chi connectivity index (χ1) is 14.1. The number of amides is 2. The molecule has 154 valence electrons. The van der Waals surface area contributed by atoms with Crippen molar-refractivity contribution in [3.05, 3.63) is 36.9 Å². The van der Waals surface area contributed by atoms with E-state index >= 15 is 0 Å². The van der Waals surface area contributed by atoms with Crippen LogP contribution in [0.25, 0.3) is 11.4 Å². The number of rotatable bonds is 8. The smallest absolute Gasteiger partial charge is 0.240 e. The minimum absolute atomic E-state index is 0.120. The minimum atomic E-state index is -0.521. The lowest BCUT2D eigenvalue weighted by molar-refractivity contribution is -0.138. The molecule has 1 aromatic heterocycles. The van der Waals surface area contributed by atoms with Crippen LogP contribution in [-0.4, -0.2) is 56.9 Å². The van der Waals surface area contributed by atoms with Crippen molar-refractivity contribution in [1.29, 1.82) is 0 Å². The highest BCUT2D eigenvalue weighted by Gasteiger charge is 2.30. The molecule has 0 unspecified atom stereocenters. The van der Waals surface area contributed by atoms with Crippen LogP contribution in [0.5, 0.6) is 5.75 Å². The number of likely N-dealkylation sites (tertiary alicyclic amines) is 1. The van der Waals surface area contributed by atoms with Crippen LogP contribution in [0.1, 0.15) is 19.3 Å². The number of para-hydroxylation sites is 1. The Kier molecular flexibility index (Phi) is 6.92. The first-order valence-electron chi connectivity index (χ1n) is 9.46. The molecule has 2 amide bonds. The zero-order chi connectivity index (χ0) is 20.8. The molecule has 1 saturated heterocycles. The van der Waals surface area contributed by atoms with Gasteiger partial charge >= 0.3 is 0 Å². The summed E-state index contributed by atoms with van der Waals surface area (Å²) in [5, 5.41) is 9.18. The molecule has 0 radical (unpaired) electrons. The Morgan fingerprint density at radius 2 is 2.14 bits per heavy atom. The fraction of sp³-hybridized carbons (Fsp3) is 0.400. The van der Waals surface area contributed by atoms with E-state index < -0.39 is 11.9 Å². The number of allylic oxidation sites excluding steroid dienone is 1. The van der Waals surface area contributed by atoms with Crippen molar-refractivity contribution in [2.24, 2.45) is 5.73 Å². The SMILES string of the molecule is C=CCn1c(SCC(=O)N2CCCC[C@@H]2C(N)=O)nnc1-c1ccccc1OC. The monoisotopic (exact) mass is 415 g/mol. The summed E-state index contributed by atoms with van der Waals surface area (Å²) in [5.74, 6) is 0.924. The summed E-state index contributed by atoms with van der Waals surface area (Å²) in [6.07, 6.45) is 4.16. The van der Waals surface area contributed by atoms with E-state index in [0.29, 0.717) is 36.2 Å². The van der Waals surface area contributed by atoms with Gasteiger partial charge in [-0.1, -0.05) is 30.0 Å². The average molecular weight is 416 g/mol. The summed E-state index contributed by atoms with van der Waals surface area (Å²) >= 11 is 1.29. The van der Waals surface area contributed by atoms with E-state index in [9.17, 15) is 9.59 Å². The molecule has 9 heteroatoms. The second-order valence-corrected chi connectivity index (χ2v) is 7.64. The summed E-state index contributed by atoms with van der Waals surface area (Å²) in [7, 11) is 1.61. The Balaban J connectivity index is 1.79. The molecule has 2 heterocycles. The Morgan fingerprint density at radius 3 is 2.86 bits per heavy atom. The summed E-state index contributed by atoms with van der Waals surface area (Å²) in [4.78, 5) is 26.0. The number of hydrogen-bond acceptors (Lipinski definition) is 6. The number of carbonyl (C=O) groups is 2. The van der Waals surface area contributed by atoms with Crippen molar-refractivity contribution in [1.82, 2.24) is 19.7 Å². The van der Waals surface area contributed by atoms with Gasteiger partial charge in [0.05, 0.1) is 18.4 Å². The molecule has 1 aromatic carbocycles. The first-order valence-corrected chi connectivity index (χ1v) is 10.4. The van der Waals surface area contributed by atoms with E-state index in [0.717, 1.165) is 18.4 Å². The molecule has 0 saturated carbocycles. The summed E-state index contributed by atoms with van der Waals surface area (Å²) < 4.78 is 7.33. The maximum absolute atomic E-state index is 12.7. The van der Waals surface area contributed by atoms with Gasteiger partial charge in [-0.2, -0.15) is 0 Å². The highest BCUT2D eigenvalue weighted by Crippen LogP contribution is 2.31. The van der Waals surface area contributed by atoms with Crippen LogP contribution >= 0.6 is 11.8 Å². The van der Waals surface area contributed by atoms with E-state index in [1.807, 2.05) is 28.8 Å². The molecule has 2 N–H and O–H groups in total. The van der Waals surface area contributed by atoms with Crippen LogP contribution in [0.4, 0.5) is 0 Å². The molecule has 1 aliphatic heterocycles. The van der Waals surface area contributed by atoms with Crippen molar-refractivity contribution < 1.29 is 14.3 Å². The van der Waals surface area contributed by atoms with Gasteiger partial charge in [-0.3, -0.25) is 14.2 Å². The number of nitrogens with zero attached hydrogens (tertiary/aromatic N) is 4. The first kappa shape index (κ1) is 20.9. The molecular formula is C20H25N5O3S. The number of thioether (sulfide) groups is 1. The topological polar surface area (TPSA) is 103 Å². The van der Waals surface area contributed by atoms with Gasteiger partial charge < -0.3 is 15.4 Å². The van der Waals surface area contributed by atoms with Gasteiger partial charge in [0.1, 0.15) is 11.8 Å². The minimum Gasteiger partial charge on any atom is -0.496 e. The van der Waals surface area contributed by atoms with E-state index in [1.165, 1.54) is 11.8 Å². The number of primary amides is 1. The summed E-state index contributed by atoms with van der Waals surface area (Å²) in [5.41, 5.74) is 6.28. The number of benzene rings is 1. The zero-order valence-electron chi connectivity index (χ0n) is 16.4. The molecule has 3 rings (SSSR count). The van der Waals surface area contributed by atoms with Gasteiger partial charge in [-0.15, -0.1) is 16.8 Å². The molecule has 29 heavy (non-hydrogen) atoms. The Labute approximate surface area is 174 Å². The van der Waals surface area contributed by atoms with Crippen LogP contribution < -0.4 is 10.5 Å². The standard InChI is InChI=1S/C20H25N5O3S/c1-3-11-25-19(14-8-4-5-10-16(14)28-2)22-23-20(25)29-13-17(26)24-12-7-6-9-15(24)18(21)27/h3-5,8,10,15H,1,6-7,9,11-13H2,2H3,(H2,21,27)/t15-/m1/s1. The van der Waals surface area contributed by atoms with Crippen LogP contribution in [-0.2, 0) is 16.1 Å². The van der Waals surface area contributed by atoms with E-state index in [-0.39, 0.29) is 11.7 Å². The number of carbonyl (C=O) groups excluding carboxylic acids is 2. The Morgan fingerprint density at radius 1 is 1.34 bits per heavy atom. The Hall–Kier alpha value is -2.81. The number of aromatic nitrogens is 3. The van der Waals surface area contributed by atoms with Crippen molar-refractivity contribution in [2.75, 3.05) is 19.4 Å². The molecule has 2 aromatic rings. The Bertz CT molecular complexity index is 898. The maximum atomic E-state index is 12.7. The number of methoxy groups -OCH3 is 1. The van der Waals surface area contributed by atoms with Gasteiger partial charge in [0.2, 0.25) is 11.8 Å². The lowest BCUT2D eigenvalue weighted by Crippen LogP contribution is -2.51. The van der Waals surface area contributed by atoms with Gasteiger partial charge in [-0.25, -0.2) is 0 Å². The third kappa shape index (κ3) is 4.61. The molecule has 1 atom stereocenters. The zero-order valence-corrected chi connectivity index (χ0v) is 17.2. The normalized spacial score (nSPS) is 16.4.